The van der Waals surface area contributed by atoms with Gasteiger partial charge in [-0.25, -0.2) is 0 Å². The van der Waals surface area contributed by atoms with E-state index in [1.54, 1.807) is 0 Å². The molecule has 0 aromatic heterocycles. The first kappa shape index (κ1) is 88.6. The van der Waals surface area contributed by atoms with Crippen molar-refractivity contribution in [1.82, 2.24) is 20.4 Å². The van der Waals surface area contributed by atoms with Crippen LogP contribution in [0.1, 0.15) is 349 Å². The molecule has 0 aromatic rings. The van der Waals surface area contributed by atoms with Gasteiger partial charge in [0.05, 0.1) is 24.4 Å². The van der Waals surface area contributed by atoms with Crippen LogP contribution in [0.25, 0.3) is 0 Å². The summed E-state index contributed by atoms with van der Waals surface area (Å²) < 4.78 is 0. The van der Waals surface area contributed by atoms with Gasteiger partial charge < -0.3 is 31.1 Å². The summed E-state index contributed by atoms with van der Waals surface area (Å²) in [6, 6.07) is -1.15. The molecule has 6 N–H and O–H groups in total. The minimum absolute atomic E-state index is 0.127. The van der Waals surface area contributed by atoms with Crippen molar-refractivity contribution in [3.8, 4) is 0 Å². The summed E-state index contributed by atoms with van der Waals surface area (Å²) in [4.78, 5) is 31.5. The maximum atomic E-state index is 13.5. The van der Waals surface area contributed by atoms with Crippen molar-refractivity contribution in [1.29, 1.82) is 0 Å². The Kier molecular flexibility index (Phi) is 65.5. The fourth-order valence-corrected chi connectivity index (χ4v) is 12.6. The first-order valence-electron chi connectivity index (χ1n) is 40.1. The van der Waals surface area contributed by atoms with Gasteiger partial charge in [0.15, 0.2) is 0 Å². The molecule has 0 aromatic carbocycles. The number of amides is 2. The van der Waals surface area contributed by atoms with Crippen molar-refractivity contribution in [2.75, 3.05) is 39.3 Å². The summed E-state index contributed by atoms with van der Waals surface area (Å²) in [7, 11) is 0. The normalized spacial score (nSPS) is 16.4. The first-order valence-corrected chi connectivity index (χ1v) is 40.1. The minimum Gasteiger partial charge on any atom is -0.392 e. The smallest absolute Gasteiger partial charge is 0.243 e. The van der Waals surface area contributed by atoms with Crippen LogP contribution in [0, 0.1) is 0 Å². The number of unbranched alkanes of at least 4 members (excludes halogenated alkanes) is 30. The summed E-state index contributed by atoms with van der Waals surface area (Å²) >= 11 is 0. The van der Waals surface area contributed by atoms with Crippen molar-refractivity contribution in [2.45, 2.75) is 385 Å². The topological polar surface area (TPSA) is 146 Å². The molecule has 0 spiro atoms. The number of aliphatic hydroxyl groups excluding tert-OH is 4. The molecule has 1 aliphatic rings. The second kappa shape index (κ2) is 69.5. The van der Waals surface area contributed by atoms with Gasteiger partial charge in [-0.3, -0.25) is 19.4 Å². The highest BCUT2D eigenvalue weighted by molar-refractivity contribution is 5.96. The van der Waals surface area contributed by atoms with E-state index in [1.165, 1.54) is 128 Å². The molecule has 544 valence electrons. The Morgan fingerprint density at radius 1 is 0.287 bits per heavy atom. The predicted octanol–water partition coefficient (Wildman–Crippen LogP) is 21.1. The molecule has 6 atom stereocenters. The van der Waals surface area contributed by atoms with Gasteiger partial charge in [0.1, 0.15) is 12.1 Å². The van der Waals surface area contributed by atoms with Gasteiger partial charge >= 0.3 is 0 Å². The van der Waals surface area contributed by atoms with Crippen molar-refractivity contribution >= 4 is 11.8 Å². The van der Waals surface area contributed by atoms with Gasteiger partial charge in [-0.2, -0.15) is 0 Å². The Morgan fingerprint density at radius 2 is 0.500 bits per heavy atom. The van der Waals surface area contributed by atoms with Crippen LogP contribution in [0.3, 0.4) is 0 Å². The Bertz CT molecular complexity index is 1670. The number of carbonyl (C=O) groups excluding carboxylic acids is 2. The zero-order valence-electron chi connectivity index (χ0n) is 61.8. The van der Waals surface area contributed by atoms with E-state index in [0.29, 0.717) is 39.0 Å². The molecule has 1 heterocycles. The lowest BCUT2D eigenvalue weighted by atomic mass is 10.0. The summed E-state index contributed by atoms with van der Waals surface area (Å²) in [6.45, 7) is 12.5. The quantitative estimate of drug-likeness (QED) is 0.0261. The van der Waals surface area contributed by atoms with Crippen molar-refractivity contribution < 1.29 is 30.0 Å². The predicted molar refractivity (Wildman–Crippen MR) is 407 cm³/mol. The molecule has 0 bridgehead atoms. The molecule has 0 saturated carbocycles. The van der Waals surface area contributed by atoms with Crippen LogP contribution in [-0.4, -0.2) is 118 Å². The van der Waals surface area contributed by atoms with E-state index < -0.39 is 36.5 Å². The van der Waals surface area contributed by atoms with Crippen LogP contribution in [0.4, 0.5) is 0 Å². The highest BCUT2D eigenvalue weighted by atomic mass is 16.3. The maximum Gasteiger partial charge on any atom is 0.243 e. The summed E-state index contributed by atoms with van der Waals surface area (Å²) in [5.74, 6) is -0.254. The summed E-state index contributed by atoms with van der Waals surface area (Å²) in [6.07, 6.45) is 88.6. The third-order valence-corrected chi connectivity index (χ3v) is 18.5. The van der Waals surface area contributed by atoms with Crippen molar-refractivity contribution in [3.05, 3.63) is 97.2 Å². The van der Waals surface area contributed by atoms with Gasteiger partial charge in [0, 0.05) is 26.2 Å². The Morgan fingerprint density at radius 3 is 0.723 bits per heavy atom. The Hall–Kier alpha value is -3.38. The zero-order chi connectivity index (χ0) is 68.1. The molecule has 2 amide bonds. The average molecular weight is 1310 g/mol. The van der Waals surface area contributed by atoms with Crippen molar-refractivity contribution in [2.24, 2.45) is 0 Å². The SMILES string of the molecule is CCCCC/C=C\C/C=C\CCCCCC[C@@H](O)CN(CCCCC1NC(=O)C(CCCCN(C[C@H](O)CCCCCC/C=C\C/C=C\CCCCC)C[C@H](O)CCCCCC/C=C\C/C=C\CCCCC)NC1=O)C[C@H](O)CCCCCC/C=C\C/C=C\CCCCC. The van der Waals surface area contributed by atoms with Gasteiger partial charge in [-0.1, -0.05) is 253 Å². The van der Waals surface area contributed by atoms with Gasteiger partial charge in [-0.15, -0.1) is 0 Å². The number of rotatable bonds is 70. The molecular weight excluding hydrogens is 1160 g/mol. The van der Waals surface area contributed by atoms with Crippen LogP contribution in [0.15, 0.2) is 97.2 Å². The second-order valence-electron chi connectivity index (χ2n) is 27.9. The third kappa shape index (κ3) is 59.8. The number of nitrogens with one attached hydrogen (secondary N) is 2. The van der Waals surface area contributed by atoms with E-state index >= 15 is 0 Å². The lowest BCUT2D eigenvalue weighted by Gasteiger charge is -2.31. The molecule has 0 radical (unpaired) electrons. The average Bonchev–Trinajstić information content (AvgIpc) is 0.942. The van der Waals surface area contributed by atoms with E-state index in [2.05, 4.69) is 145 Å². The van der Waals surface area contributed by atoms with E-state index in [1.807, 2.05) is 0 Å². The number of piperazine rings is 1. The monoisotopic (exact) mass is 1310 g/mol. The molecule has 10 heteroatoms. The number of hydrogen-bond acceptors (Lipinski definition) is 8. The van der Waals surface area contributed by atoms with Gasteiger partial charge in [0.2, 0.25) is 11.8 Å². The van der Waals surface area contributed by atoms with E-state index in [-0.39, 0.29) is 11.8 Å². The lowest BCUT2D eigenvalue weighted by Crippen LogP contribution is -2.61. The molecule has 0 aliphatic carbocycles. The highest BCUT2D eigenvalue weighted by Gasteiger charge is 2.33. The maximum absolute atomic E-state index is 13.5. The largest absolute Gasteiger partial charge is 0.392 e. The number of nitrogens with zero attached hydrogens (tertiary/aromatic N) is 2. The lowest BCUT2D eigenvalue weighted by molar-refractivity contribution is -0.137. The Balaban J connectivity index is 2.70. The Labute approximate surface area is 581 Å². The standard InChI is InChI=1S/C84H152N4O6/c1-5-9-13-17-21-25-29-33-37-41-45-49-53-57-65-77(89)73-87(74-78(90)66-58-54-50-46-42-38-34-30-26-22-18-14-10-6-2)71-63-61-69-81-83(93)86-82(84(94)85-81)70-62-64-72-88(75-79(91)67-59-55-51-47-43-39-35-31-27-23-19-15-11-7-3)76-80(92)68-60-56-52-48-44-40-36-32-28-24-20-16-12-8-4/h21-28,33-40,77-82,89-92H,5-20,29-32,41-76H2,1-4H3,(H,85,94)(H,86,93)/b25-21-,26-22-,27-23-,28-24-,37-33-,38-34-,39-35-,40-36-/t77-,78-,79-,80-,81?,82?/m1/s1. The zero-order valence-corrected chi connectivity index (χ0v) is 61.8. The summed E-state index contributed by atoms with van der Waals surface area (Å²) in [5, 5.41) is 51.2. The second-order valence-corrected chi connectivity index (χ2v) is 27.9. The van der Waals surface area contributed by atoms with Crippen LogP contribution >= 0.6 is 0 Å². The molecule has 1 rings (SSSR count). The molecule has 2 unspecified atom stereocenters. The van der Waals surface area contributed by atoms with Gasteiger partial charge in [-0.05, 0) is 206 Å². The molecule has 1 fully saturated rings. The molecule has 10 nitrogen and oxygen atoms in total. The fraction of sp³-hybridized carbons (Fsp3) is 0.786. The van der Waals surface area contributed by atoms with Crippen LogP contribution in [0.5, 0.6) is 0 Å². The van der Waals surface area contributed by atoms with Crippen molar-refractivity contribution in [3.63, 3.8) is 0 Å². The third-order valence-electron chi connectivity index (χ3n) is 18.5. The number of carbonyl (C=O) groups is 2. The molecule has 94 heavy (non-hydrogen) atoms. The van der Waals surface area contributed by atoms with E-state index in [0.717, 1.165) is 193 Å². The molecular formula is C84H152N4O6. The minimum atomic E-state index is -0.574. The molecule has 1 saturated heterocycles. The molecule has 1 aliphatic heterocycles. The van der Waals surface area contributed by atoms with Crippen LogP contribution < -0.4 is 10.6 Å². The summed E-state index contributed by atoms with van der Waals surface area (Å²) in [5.41, 5.74) is 0. The van der Waals surface area contributed by atoms with E-state index in [4.69, 9.17) is 0 Å². The van der Waals surface area contributed by atoms with Crippen LogP contribution in [-0.2, 0) is 9.59 Å². The van der Waals surface area contributed by atoms with Crippen LogP contribution in [0.2, 0.25) is 0 Å². The fourth-order valence-electron chi connectivity index (χ4n) is 12.6. The van der Waals surface area contributed by atoms with Gasteiger partial charge in [0.25, 0.3) is 0 Å². The number of hydrogen-bond donors (Lipinski definition) is 6. The van der Waals surface area contributed by atoms with E-state index in [9.17, 15) is 30.0 Å². The number of allylic oxidation sites excluding steroid dienone is 16. The first-order chi connectivity index (χ1) is 46.1. The highest BCUT2D eigenvalue weighted by Crippen LogP contribution is 2.18. The number of aliphatic hydroxyl groups is 4.